The Balaban J connectivity index is 2.22. The van der Waals surface area contributed by atoms with Crippen LogP contribution in [0.15, 0.2) is 41.0 Å². The normalized spacial score (nSPS) is 10.3. The molecule has 88 valence electrons. The van der Waals surface area contributed by atoms with Crippen LogP contribution < -0.4 is 10.5 Å². The van der Waals surface area contributed by atoms with Crippen LogP contribution in [0.3, 0.4) is 0 Å². The van der Waals surface area contributed by atoms with E-state index in [9.17, 15) is 0 Å². The van der Waals surface area contributed by atoms with Crippen molar-refractivity contribution in [2.24, 2.45) is 5.73 Å². The number of pyridine rings is 1. The zero-order valence-corrected chi connectivity index (χ0v) is 11.1. The third kappa shape index (κ3) is 3.05. The summed E-state index contributed by atoms with van der Waals surface area (Å²) in [5, 5.41) is 0. The van der Waals surface area contributed by atoms with Gasteiger partial charge in [-0.3, -0.25) is 0 Å². The average Bonchev–Trinajstić information content (AvgIpc) is 2.34. The Bertz CT molecular complexity index is 529. The second kappa shape index (κ2) is 5.29. The second-order valence-electron chi connectivity index (χ2n) is 3.72. The minimum absolute atomic E-state index is 0.484. The molecule has 0 unspecified atom stereocenters. The van der Waals surface area contributed by atoms with E-state index in [1.807, 2.05) is 37.3 Å². The van der Waals surface area contributed by atoms with E-state index < -0.39 is 0 Å². The first-order chi connectivity index (χ1) is 8.19. The largest absolute Gasteiger partial charge is 0.439 e. The first kappa shape index (κ1) is 12.1. The Hall–Kier alpha value is -1.39. The lowest BCUT2D eigenvalue weighted by molar-refractivity contribution is 0.461. The predicted octanol–water partition coefficient (Wildman–Crippen LogP) is 3.40. The topological polar surface area (TPSA) is 48.1 Å². The number of benzene rings is 1. The van der Waals surface area contributed by atoms with Gasteiger partial charge in [-0.2, -0.15) is 0 Å². The molecular weight excluding hydrogens is 280 g/mol. The van der Waals surface area contributed by atoms with Crippen LogP contribution in [0.25, 0.3) is 0 Å². The second-order valence-corrected chi connectivity index (χ2v) is 4.57. The number of aryl methyl sites for hydroxylation is 1. The van der Waals surface area contributed by atoms with Gasteiger partial charge < -0.3 is 10.5 Å². The van der Waals surface area contributed by atoms with Crippen molar-refractivity contribution in [3.8, 4) is 11.6 Å². The molecule has 0 saturated carbocycles. The predicted molar refractivity (Wildman–Crippen MR) is 71.1 cm³/mol. The Kier molecular flexibility index (Phi) is 3.76. The molecule has 2 rings (SSSR count). The Morgan fingerprint density at radius 1 is 1.29 bits per heavy atom. The van der Waals surface area contributed by atoms with Crippen LogP contribution in [-0.4, -0.2) is 4.98 Å². The monoisotopic (exact) mass is 292 g/mol. The van der Waals surface area contributed by atoms with Crippen molar-refractivity contribution < 1.29 is 4.74 Å². The van der Waals surface area contributed by atoms with Crippen LogP contribution in [0, 0.1) is 6.92 Å². The molecular formula is C13H13BrN2O. The van der Waals surface area contributed by atoms with E-state index in [-0.39, 0.29) is 0 Å². The Morgan fingerprint density at radius 3 is 2.82 bits per heavy atom. The SMILES string of the molecule is Cc1cc(Oc2cc(CN)ccn2)ccc1Br. The summed E-state index contributed by atoms with van der Waals surface area (Å²) in [6, 6.07) is 9.53. The van der Waals surface area contributed by atoms with Gasteiger partial charge in [-0.15, -0.1) is 0 Å². The maximum atomic E-state index is 5.67. The van der Waals surface area contributed by atoms with E-state index in [2.05, 4.69) is 20.9 Å². The highest BCUT2D eigenvalue weighted by molar-refractivity contribution is 9.10. The molecule has 2 N–H and O–H groups in total. The smallest absolute Gasteiger partial charge is 0.219 e. The molecule has 1 aromatic carbocycles. The lowest BCUT2D eigenvalue weighted by atomic mass is 10.2. The van der Waals surface area contributed by atoms with Crippen LogP contribution in [0.4, 0.5) is 0 Å². The molecule has 0 spiro atoms. The quantitative estimate of drug-likeness (QED) is 0.943. The molecule has 0 aliphatic heterocycles. The Morgan fingerprint density at radius 2 is 2.12 bits per heavy atom. The van der Waals surface area contributed by atoms with Crippen LogP contribution >= 0.6 is 15.9 Å². The number of nitrogens with two attached hydrogens (primary N) is 1. The van der Waals surface area contributed by atoms with Gasteiger partial charge in [-0.25, -0.2) is 4.98 Å². The van der Waals surface area contributed by atoms with Gasteiger partial charge in [0.1, 0.15) is 5.75 Å². The van der Waals surface area contributed by atoms with Crippen molar-refractivity contribution in [2.45, 2.75) is 13.5 Å². The van der Waals surface area contributed by atoms with Gasteiger partial charge in [0.25, 0.3) is 0 Å². The molecule has 0 saturated heterocycles. The molecule has 3 nitrogen and oxygen atoms in total. The van der Waals surface area contributed by atoms with Crippen molar-refractivity contribution >= 4 is 15.9 Å². The number of hydrogen-bond donors (Lipinski definition) is 1. The fraction of sp³-hybridized carbons (Fsp3) is 0.154. The summed E-state index contributed by atoms with van der Waals surface area (Å²) in [6.45, 7) is 2.50. The minimum atomic E-state index is 0.484. The van der Waals surface area contributed by atoms with E-state index >= 15 is 0 Å². The van der Waals surface area contributed by atoms with E-state index in [1.165, 1.54) is 0 Å². The highest BCUT2D eigenvalue weighted by Crippen LogP contribution is 2.25. The number of nitrogens with zero attached hydrogens (tertiary/aromatic N) is 1. The summed E-state index contributed by atoms with van der Waals surface area (Å²) in [5.74, 6) is 1.34. The summed E-state index contributed by atoms with van der Waals surface area (Å²) >= 11 is 3.45. The highest BCUT2D eigenvalue weighted by atomic mass is 79.9. The third-order valence-electron chi connectivity index (χ3n) is 2.39. The molecule has 0 fully saturated rings. The molecule has 17 heavy (non-hydrogen) atoms. The first-order valence-electron chi connectivity index (χ1n) is 5.28. The molecule has 0 radical (unpaired) electrons. The first-order valence-corrected chi connectivity index (χ1v) is 6.07. The van der Waals surface area contributed by atoms with Gasteiger partial charge in [0.15, 0.2) is 0 Å². The number of hydrogen-bond acceptors (Lipinski definition) is 3. The lowest BCUT2D eigenvalue weighted by Crippen LogP contribution is -1.97. The van der Waals surface area contributed by atoms with Crippen molar-refractivity contribution in [3.05, 3.63) is 52.1 Å². The lowest BCUT2D eigenvalue weighted by Gasteiger charge is -2.07. The molecule has 1 aromatic heterocycles. The van der Waals surface area contributed by atoms with Crippen LogP contribution in [-0.2, 0) is 6.54 Å². The summed E-state index contributed by atoms with van der Waals surface area (Å²) in [5.41, 5.74) is 7.69. The van der Waals surface area contributed by atoms with Crippen LogP contribution in [0.2, 0.25) is 0 Å². The van der Waals surface area contributed by atoms with Gasteiger partial charge >= 0.3 is 0 Å². The van der Waals surface area contributed by atoms with Crippen molar-refractivity contribution in [1.29, 1.82) is 0 Å². The van der Waals surface area contributed by atoms with Crippen molar-refractivity contribution in [2.75, 3.05) is 0 Å². The molecule has 0 aliphatic rings. The van der Waals surface area contributed by atoms with E-state index in [0.717, 1.165) is 21.3 Å². The van der Waals surface area contributed by atoms with Crippen LogP contribution in [0.1, 0.15) is 11.1 Å². The van der Waals surface area contributed by atoms with Gasteiger partial charge in [0.05, 0.1) is 0 Å². The van der Waals surface area contributed by atoms with Gasteiger partial charge in [0.2, 0.25) is 5.88 Å². The zero-order chi connectivity index (χ0) is 12.3. The van der Waals surface area contributed by atoms with E-state index in [1.54, 1.807) is 6.20 Å². The van der Waals surface area contributed by atoms with Crippen molar-refractivity contribution in [1.82, 2.24) is 4.98 Å². The van der Waals surface area contributed by atoms with Crippen molar-refractivity contribution in [3.63, 3.8) is 0 Å². The summed E-state index contributed by atoms with van der Waals surface area (Å²) in [4.78, 5) is 4.15. The maximum Gasteiger partial charge on any atom is 0.219 e. The Labute approximate surface area is 109 Å². The molecule has 0 bridgehead atoms. The van der Waals surface area contributed by atoms with Gasteiger partial charge in [0, 0.05) is 23.3 Å². The number of aromatic nitrogens is 1. The summed E-state index contributed by atoms with van der Waals surface area (Å²) < 4.78 is 6.73. The highest BCUT2D eigenvalue weighted by Gasteiger charge is 2.02. The fourth-order valence-electron chi connectivity index (χ4n) is 1.43. The van der Waals surface area contributed by atoms with Gasteiger partial charge in [-0.05, 0) is 42.3 Å². The molecule has 0 atom stereocenters. The maximum absolute atomic E-state index is 5.67. The number of halogens is 1. The standard InChI is InChI=1S/C13H13BrN2O/c1-9-6-11(2-3-12(9)14)17-13-7-10(8-15)4-5-16-13/h2-7H,8,15H2,1H3. The third-order valence-corrected chi connectivity index (χ3v) is 3.28. The summed E-state index contributed by atoms with van der Waals surface area (Å²) in [6.07, 6.45) is 1.70. The van der Waals surface area contributed by atoms with E-state index in [0.29, 0.717) is 12.4 Å². The van der Waals surface area contributed by atoms with Gasteiger partial charge in [-0.1, -0.05) is 15.9 Å². The zero-order valence-electron chi connectivity index (χ0n) is 9.48. The fourth-order valence-corrected chi connectivity index (χ4v) is 1.68. The van der Waals surface area contributed by atoms with E-state index in [4.69, 9.17) is 10.5 Å². The molecule has 0 aliphatic carbocycles. The summed E-state index contributed by atoms with van der Waals surface area (Å²) in [7, 11) is 0. The number of rotatable bonds is 3. The van der Waals surface area contributed by atoms with Crippen LogP contribution in [0.5, 0.6) is 11.6 Å². The molecule has 1 heterocycles. The molecule has 4 heteroatoms. The minimum Gasteiger partial charge on any atom is -0.439 e. The molecule has 0 amide bonds. The molecule has 2 aromatic rings. The average molecular weight is 293 g/mol. The number of ether oxygens (including phenoxy) is 1.